The fourth-order valence-electron chi connectivity index (χ4n) is 1.66. The molecule has 0 amide bonds. The van der Waals surface area contributed by atoms with E-state index in [-0.39, 0.29) is 0 Å². The number of hydrogen-bond acceptors (Lipinski definition) is 7. The number of hydrogen-bond donors (Lipinski definition) is 0. The van der Waals surface area contributed by atoms with E-state index in [1.54, 1.807) is 10.9 Å². The average Bonchev–Trinajstić information content (AvgIpc) is 3.08. The molecule has 0 aromatic carbocycles. The molecule has 0 atom stereocenters. The molecule has 0 spiro atoms. The highest BCUT2D eigenvalue weighted by atomic mass is 16.7. The summed E-state index contributed by atoms with van der Waals surface area (Å²) in [4.78, 5) is 4.22. The molecule has 2 rings (SSSR count). The molecule has 2 aromatic heterocycles. The Kier molecular flexibility index (Phi) is 5.19. The lowest BCUT2D eigenvalue weighted by molar-refractivity contribution is -0.142. The standard InChI is InChI=1S/C12H19N5O3/c1-4-10-13-11(20-15-10)8-17-7-9(14-16-17)12(18-5-2)19-6-3/h7,12H,4-6,8H2,1-3H3. The Labute approximate surface area is 117 Å². The van der Waals surface area contributed by atoms with Crippen molar-refractivity contribution in [3.05, 3.63) is 23.6 Å². The summed E-state index contributed by atoms with van der Waals surface area (Å²) in [7, 11) is 0. The Morgan fingerprint density at radius 1 is 1.25 bits per heavy atom. The van der Waals surface area contributed by atoms with Gasteiger partial charge in [0.1, 0.15) is 12.2 Å². The molecule has 0 unspecified atom stereocenters. The fourth-order valence-corrected chi connectivity index (χ4v) is 1.66. The van der Waals surface area contributed by atoms with E-state index in [1.165, 1.54) is 0 Å². The van der Waals surface area contributed by atoms with Crippen LogP contribution in [0, 0.1) is 0 Å². The van der Waals surface area contributed by atoms with Gasteiger partial charge in [0.15, 0.2) is 5.82 Å². The van der Waals surface area contributed by atoms with E-state index in [0.29, 0.717) is 37.2 Å². The topological polar surface area (TPSA) is 88.1 Å². The minimum atomic E-state index is -0.493. The number of aromatic nitrogens is 5. The van der Waals surface area contributed by atoms with Crippen LogP contribution in [0.3, 0.4) is 0 Å². The molecular weight excluding hydrogens is 262 g/mol. The van der Waals surface area contributed by atoms with Gasteiger partial charge in [-0.25, -0.2) is 4.68 Å². The van der Waals surface area contributed by atoms with Gasteiger partial charge in [0.25, 0.3) is 0 Å². The molecule has 0 N–H and O–H groups in total. The molecule has 2 heterocycles. The molecule has 0 saturated heterocycles. The fraction of sp³-hybridized carbons (Fsp3) is 0.667. The van der Waals surface area contributed by atoms with E-state index in [4.69, 9.17) is 14.0 Å². The summed E-state index contributed by atoms with van der Waals surface area (Å²) < 4.78 is 17.7. The first-order valence-corrected chi connectivity index (χ1v) is 6.71. The van der Waals surface area contributed by atoms with Gasteiger partial charge in [0.05, 0.1) is 6.20 Å². The summed E-state index contributed by atoms with van der Waals surface area (Å²) in [5, 5.41) is 11.9. The summed E-state index contributed by atoms with van der Waals surface area (Å²) in [6.45, 7) is 7.24. The minimum absolute atomic E-state index is 0.380. The van der Waals surface area contributed by atoms with Crippen LogP contribution in [0.25, 0.3) is 0 Å². The maximum Gasteiger partial charge on any atom is 0.248 e. The predicted molar refractivity (Wildman–Crippen MR) is 68.8 cm³/mol. The number of rotatable bonds is 8. The van der Waals surface area contributed by atoms with Crippen LogP contribution in [-0.2, 0) is 22.4 Å². The maximum atomic E-state index is 5.46. The average molecular weight is 281 g/mol. The van der Waals surface area contributed by atoms with Gasteiger partial charge in [-0.1, -0.05) is 17.3 Å². The van der Waals surface area contributed by atoms with Crippen LogP contribution in [0.5, 0.6) is 0 Å². The van der Waals surface area contributed by atoms with Gasteiger partial charge in [-0.3, -0.25) is 0 Å². The summed E-state index contributed by atoms with van der Waals surface area (Å²) in [6.07, 6.45) is 2.00. The lowest BCUT2D eigenvalue weighted by Crippen LogP contribution is -2.09. The predicted octanol–water partition coefficient (Wildman–Crippen LogP) is 1.34. The summed E-state index contributed by atoms with van der Waals surface area (Å²) in [6, 6.07) is 0. The molecule has 0 aliphatic rings. The summed E-state index contributed by atoms with van der Waals surface area (Å²) >= 11 is 0. The van der Waals surface area contributed by atoms with Crippen molar-refractivity contribution in [3.63, 3.8) is 0 Å². The van der Waals surface area contributed by atoms with Gasteiger partial charge in [0.2, 0.25) is 12.2 Å². The van der Waals surface area contributed by atoms with E-state index in [9.17, 15) is 0 Å². The summed E-state index contributed by atoms with van der Waals surface area (Å²) in [5.74, 6) is 1.18. The van der Waals surface area contributed by atoms with Crippen molar-refractivity contribution in [3.8, 4) is 0 Å². The monoisotopic (exact) mass is 281 g/mol. The Hall–Kier alpha value is -1.80. The third-order valence-corrected chi connectivity index (χ3v) is 2.56. The molecule has 0 aliphatic carbocycles. The molecular formula is C12H19N5O3. The van der Waals surface area contributed by atoms with E-state index in [0.717, 1.165) is 6.42 Å². The van der Waals surface area contributed by atoms with Crippen molar-refractivity contribution in [1.29, 1.82) is 0 Å². The van der Waals surface area contributed by atoms with Crippen molar-refractivity contribution in [2.45, 2.75) is 40.0 Å². The van der Waals surface area contributed by atoms with Crippen LogP contribution >= 0.6 is 0 Å². The third kappa shape index (κ3) is 3.61. The molecule has 0 aliphatic heterocycles. The first-order valence-electron chi connectivity index (χ1n) is 6.71. The van der Waals surface area contributed by atoms with Gasteiger partial charge in [-0.05, 0) is 13.8 Å². The first-order chi connectivity index (χ1) is 9.76. The molecule has 8 nitrogen and oxygen atoms in total. The SMILES string of the molecule is CCOC(OCC)c1cn(Cc2nc(CC)no2)nn1. The Morgan fingerprint density at radius 3 is 2.60 bits per heavy atom. The van der Waals surface area contributed by atoms with Crippen molar-refractivity contribution in [2.24, 2.45) is 0 Å². The van der Waals surface area contributed by atoms with Gasteiger partial charge < -0.3 is 14.0 Å². The minimum Gasteiger partial charge on any atom is -0.347 e. The molecule has 0 fully saturated rings. The highest BCUT2D eigenvalue weighted by Gasteiger charge is 2.16. The van der Waals surface area contributed by atoms with Crippen molar-refractivity contribution in [2.75, 3.05) is 13.2 Å². The van der Waals surface area contributed by atoms with Crippen molar-refractivity contribution < 1.29 is 14.0 Å². The van der Waals surface area contributed by atoms with E-state index in [1.807, 2.05) is 20.8 Å². The Bertz CT molecular complexity index is 519. The van der Waals surface area contributed by atoms with Crippen molar-refractivity contribution >= 4 is 0 Å². The van der Waals surface area contributed by atoms with Crippen molar-refractivity contribution in [1.82, 2.24) is 25.1 Å². The number of ether oxygens (including phenoxy) is 2. The molecule has 0 radical (unpaired) electrons. The first kappa shape index (κ1) is 14.6. The van der Waals surface area contributed by atoms with E-state index >= 15 is 0 Å². The Morgan fingerprint density at radius 2 is 2.00 bits per heavy atom. The Balaban J connectivity index is 2.03. The molecule has 8 heteroatoms. The van der Waals surface area contributed by atoms with Crippen LogP contribution < -0.4 is 0 Å². The lowest BCUT2D eigenvalue weighted by Gasteiger charge is -2.13. The highest BCUT2D eigenvalue weighted by molar-refractivity contribution is 4.96. The quantitative estimate of drug-likeness (QED) is 0.674. The number of aryl methyl sites for hydroxylation is 1. The van der Waals surface area contributed by atoms with E-state index < -0.39 is 6.29 Å². The van der Waals surface area contributed by atoms with Gasteiger partial charge in [-0.15, -0.1) is 5.10 Å². The molecule has 0 saturated carbocycles. The van der Waals surface area contributed by atoms with Crippen LogP contribution in [0.15, 0.2) is 10.7 Å². The van der Waals surface area contributed by atoms with Crippen LogP contribution in [0.2, 0.25) is 0 Å². The molecule has 20 heavy (non-hydrogen) atoms. The molecule has 0 bridgehead atoms. The second kappa shape index (κ2) is 7.11. The molecule has 110 valence electrons. The zero-order valence-corrected chi connectivity index (χ0v) is 11.9. The number of nitrogens with zero attached hydrogens (tertiary/aromatic N) is 5. The second-order valence-electron chi connectivity index (χ2n) is 4.04. The zero-order valence-electron chi connectivity index (χ0n) is 11.9. The van der Waals surface area contributed by atoms with Crippen LogP contribution in [0.1, 0.15) is 44.5 Å². The van der Waals surface area contributed by atoms with Gasteiger partial charge in [-0.2, -0.15) is 4.98 Å². The van der Waals surface area contributed by atoms with Gasteiger partial charge in [0, 0.05) is 19.6 Å². The maximum absolute atomic E-state index is 5.46. The molecule has 2 aromatic rings. The normalized spacial score (nSPS) is 11.4. The third-order valence-electron chi connectivity index (χ3n) is 2.56. The van der Waals surface area contributed by atoms with Crippen LogP contribution in [-0.4, -0.2) is 38.3 Å². The lowest BCUT2D eigenvalue weighted by atomic mass is 10.4. The van der Waals surface area contributed by atoms with E-state index in [2.05, 4.69) is 20.5 Å². The van der Waals surface area contributed by atoms with Gasteiger partial charge >= 0.3 is 0 Å². The zero-order chi connectivity index (χ0) is 14.4. The largest absolute Gasteiger partial charge is 0.347 e. The van der Waals surface area contributed by atoms with Crippen LogP contribution in [0.4, 0.5) is 0 Å². The highest BCUT2D eigenvalue weighted by Crippen LogP contribution is 2.16. The second-order valence-corrected chi connectivity index (χ2v) is 4.04. The summed E-state index contributed by atoms with van der Waals surface area (Å²) in [5.41, 5.74) is 0.629. The smallest absolute Gasteiger partial charge is 0.248 e.